The minimum absolute atomic E-state index is 0.00925. The Kier molecular flexibility index (Phi) is 32.3. The number of halogens is 1. The van der Waals surface area contributed by atoms with Gasteiger partial charge in [0.1, 0.15) is 42.7 Å². The molecule has 89 heavy (non-hydrogen) atoms. The summed E-state index contributed by atoms with van der Waals surface area (Å²) in [6, 6.07) is 9.29. The minimum Gasteiger partial charge on any atom is -0.495 e. The Hall–Kier alpha value is -6.96. The Labute approximate surface area is 527 Å². The van der Waals surface area contributed by atoms with Crippen molar-refractivity contribution in [2.75, 3.05) is 86.7 Å². The zero-order valence-corrected chi connectivity index (χ0v) is 53.9. The molecule has 2 aromatic rings. The molecule has 2 aromatic carbocycles. The fourth-order valence-electron chi connectivity index (χ4n) is 9.19. The summed E-state index contributed by atoms with van der Waals surface area (Å²) in [4.78, 5) is 122. The molecule has 1 saturated heterocycles. The molecular weight excluding hydrogens is 1180 g/mol. The van der Waals surface area contributed by atoms with E-state index in [1.165, 1.54) is 31.1 Å². The second-order valence-corrected chi connectivity index (χ2v) is 23.7. The van der Waals surface area contributed by atoms with Crippen LogP contribution in [0.3, 0.4) is 0 Å². The fraction of sp³-hybridized carbons (Fsp3) is 0.609. The zero-order valence-electron chi connectivity index (χ0n) is 53.2. The summed E-state index contributed by atoms with van der Waals surface area (Å²) in [5.74, 6) is -5.56. The highest BCUT2D eigenvalue weighted by Crippen LogP contribution is 2.45. The van der Waals surface area contributed by atoms with Gasteiger partial charge >= 0.3 is 17.9 Å². The van der Waals surface area contributed by atoms with Crippen LogP contribution in [0.25, 0.3) is 0 Å². The third-order valence-corrected chi connectivity index (χ3v) is 14.9. The molecule has 2 aliphatic heterocycles. The van der Waals surface area contributed by atoms with Crippen molar-refractivity contribution >= 4 is 65.0 Å². The predicted octanol–water partition coefficient (Wildman–Crippen LogP) is 4.81. The number of benzene rings is 2. The lowest BCUT2D eigenvalue weighted by Gasteiger charge is -2.29. The van der Waals surface area contributed by atoms with Gasteiger partial charge in [0, 0.05) is 58.5 Å². The normalized spacial score (nSPS) is 20.1. The number of methoxy groups -OCH3 is 2. The zero-order chi connectivity index (χ0) is 65.6. The maximum atomic E-state index is 14.0. The summed E-state index contributed by atoms with van der Waals surface area (Å²) in [6.45, 7) is 19.6. The van der Waals surface area contributed by atoms with Crippen LogP contribution in [-0.2, 0) is 94.0 Å². The van der Waals surface area contributed by atoms with E-state index in [4.69, 9.17) is 54.2 Å². The largest absolute Gasteiger partial charge is 0.495 e. The van der Waals surface area contributed by atoms with Crippen LogP contribution < -0.4 is 31.3 Å². The molecule has 0 aliphatic carbocycles. The summed E-state index contributed by atoms with van der Waals surface area (Å²) in [5, 5.41) is 14.1. The van der Waals surface area contributed by atoms with Crippen molar-refractivity contribution in [3.63, 3.8) is 0 Å². The first-order valence-electron chi connectivity index (χ1n) is 30.2. The number of amides is 6. The topological polar surface area (TPSA) is 303 Å². The van der Waals surface area contributed by atoms with Crippen LogP contribution in [0.15, 0.2) is 67.3 Å². The monoisotopic (exact) mass is 1270 g/mol. The van der Waals surface area contributed by atoms with Gasteiger partial charge in [0.25, 0.3) is 0 Å². The highest BCUT2D eigenvalue weighted by molar-refractivity contribution is 6.32. The summed E-state index contributed by atoms with van der Waals surface area (Å²) >= 11 is 6.39. The maximum absolute atomic E-state index is 14.0. The summed E-state index contributed by atoms with van der Waals surface area (Å²) in [5.41, 5.74) is 0.907. The molecule has 8 atom stereocenters. The van der Waals surface area contributed by atoms with E-state index in [2.05, 4.69) is 33.2 Å². The van der Waals surface area contributed by atoms with Crippen LogP contribution in [0.5, 0.6) is 5.75 Å². The number of esters is 3. The van der Waals surface area contributed by atoms with Crippen molar-refractivity contribution in [3.05, 3.63) is 89.0 Å². The molecule has 6 amide bonds. The Balaban J connectivity index is 1.34. The van der Waals surface area contributed by atoms with Gasteiger partial charge < -0.3 is 74.1 Å². The third-order valence-electron chi connectivity index (χ3n) is 14.6. The van der Waals surface area contributed by atoms with Crippen molar-refractivity contribution in [2.45, 2.75) is 143 Å². The van der Waals surface area contributed by atoms with Gasteiger partial charge in [0.05, 0.1) is 82.7 Å². The molecular formula is C64H93ClN6O18. The minimum atomic E-state index is -1.29. The second-order valence-electron chi connectivity index (χ2n) is 23.3. The first-order chi connectivity index (χ1) is 42.4. The summed E-state index contributed by atoms with van der Waals surface area (Å²) in [6.07, 6.45) is 1.30. The molecule has 24 nitrogen and oxygen atoms in total. The number of nitrogens with zero attached hydrogens (tertiary/aromatic N) is 1. The first kappa shape index (κ1) is 74.5. The first-order valence-corrected chi connectivity index (χ1v) is 30.6. The molecule has 1 unspecified atom stereocenters. The van der Waals surface area contributed by atoms with E-state index in [9.17, 15) is 43.2 Å². The lowest BCUT2D eigenvalue weighted by molar-refractivity contribution is -0.179. The fourth-order valence-corrected chi connectivity index (χ4v) is 9.47. The van der Waals surface area contributed by atoms with Gasteiger partial charge in [-0.2, -0.15) is 0 Å². The number of nitrogens with one attached hydrogen (secondary N) is 5. The standard InChI is InChI=1S/C64H93ClN6O18/c1-12-27-86-55(75)23-26-71(54(74)24-28-83-31-32-85-34-33-84-30-29-81-10)25-22-53(73)70-56(41(4)5)61(78)68-43(7)59(76)66-38-44-16-19-46(20-17-44)58-57(89-58)42(6)49-14-13-15-52(72)69-48(37-45-18-21-50(82-11)47(65)36-45)60(77)67-39-64(8,9)63(80)88-51(35-40(2)3)62(79)87-49/h12-13,15-21,36,40-43,48-49,51,56-58H,1,14,22-35,37-39H2,2-11H3,(H,66,76)(H,67,77)(H,68,78)(H,69,72)(H,70,73)/b15-13+/t42?,43-,48+,49-,51-,56-,57-,58+/m0/s1. The van der Waals surface area contributed by atoms with Gasteiger partial charge in [0.15, 0.2) is 6.10 Å². The number of hydrogen-bond acceptors (Lipinski definition) is 18. The molecule has 2 aliphatic rings. The molecule has 494 valence electrons. The quantitative estimate of drug-likeness (QED) is 0.0203. The number of cyclic esters (lactones) is 2. The van der Waals surface area contributed by atoms with Gasteiger partial charge in [-0.05, 0) is 73.9 Å². The van der Waals surface area contributed by atoms with Gasteiger partial charge in [0.2, 0.25) is 35.4 Å². The molecule has 1 fully saturated rings. The highest BCUT2D eigenvalue weighted by Gasteiger charge is 2.48. The molecule has 0 spiro atoms. The average molecular weight is 1270 g/mol. The van der Waals surface area contributed by atoms with E-state index in [1.54, 1.807) is 59.1 Å². The number of hydrogen-bond donors (Lipinski definition) is 5. The number of carbonyl (C=O) groups excluding carboxylic acids is 9. The predicted molar refractivity (Wildman–Crippen MR) is 329 cm³/mol. The second kappa shape index (κ2) is 38.6. The van der Waals surface area contributed by atoms with Gasteiger partial charge in [-0.1, -0.05) is 95.3 Å². The van der Waals surface area contributed by atoms with Crippen molar-refractivity contribution in [1.82, 2.24) is 31.5 Å². The van der Waals surface area contributed by atoms with Crippen LogP contribution in [0.1, 0.15) is 110 Å². The molecule has 0 saturated carbocycles. The third kappa shape index (κ3) is 26.6. The Bertz CT molecular complexity index is 2690. The van der Waals surface area contributed by atoms with Gasteiger partial charge in [-0.3, -0.25) is 38.4 Å². The number of epoxide rings is 1. The van der Waals surface area contributed by atoms with Crippen LogP contribution in [0.4, 0.5) is 0 Å². The molecule has 4 rings (SSSR count). The molecule has 2 heterocycles. The number of rotatable bonds is 35. The number of ether oxygens (including phenoxy) is 9. The van der Waals surface area contributed by atoms with Crippen LogP contribution in [0, 0.1) is 23.2 Å². The van der Waals surface area contributed by atoms with Gasteiger partial charge in [-0.15, -0.1) is 0 Å². The summed E-state index contributed by atoms with van der Waals surface area (Å²) < 4.78 is 49.9. The molecule has 0 radical (unpaired) electrons. The molecule has 0 bridgehead atoms. The van der Waals surface area contributed by atoms with Crippen LogP contribution in [0.2, 0.25) is 5.02 Å². The van der Waals surface area contributed by atoms with Crippen molar-refractivity contribution in [3.8, 4) is 5.75 Å². The van der Waals surface area contributed by atoms with E-state index in [0.29, 0.717) is 49.4 Å². The van der Waals surface area contributed by atoms with Crippen molar-refractivity contribution in [1.29, 1.82) is 0 Å². The molecule has 25 heteroatoms. The molecule has 0 aromatic heterocycles. The maximum Gasteiger partial charge on any atom is 0.347 e. The van der Waals surface area contributed by atoms with E-state index in [-0.39, 0.29) is 102 Å². The van der Waals surface area contributed by atoms with Crippen molar-refractivity contribution in [2.24, 2.45) is 23.2 Å². The number of carbonyl (C=O) groups is 9. The Morgan fingerprint density at radius 3 is 2.10 bits per heavy atom. The lowest BCUT2D eigenvalue weighted by atomic mass is 9.92. The SMILES string of the molecule is C=CCOC(=O)CCN(CCC(=O)N[C@H](C(=O)N[C@@H](C)C(=O)NCc1ccc([C@H]2O[C@H]2C(C)[C@@H]2C/C=C/C(=O)N[C@H](Cc3ccc(OC)c(Cl)c3)C(=O)NCC(C)(C)C(=O)O[C@@H](CC(C)C)C(=O)O2)cc1)C(C)C)C(=O)CCOCCOCCOCCOC. The summed E-state index contributed by atoms with van der Waals surface area (Å²) in [7, 11) is 3.07. The van der Waals surface area contributed by atoms with E-state index >= 15 is 0 Å². The van der Waals surface area contributed by atoms with Gasteiger partial charge in [-0.25, -0.2) is 4.79 Å². The average Bonchev–Trinajstić information content (AvgIpc) is 2.12. The smallest absolute Gasteiger partial charge is 0.347 e. The van der Waals surface area contributed by atoms with E-state index < -0.39 is 101 Å². The molecule has 5 N–H and O–H groups in total. The lowest BCUT2D eigenvalue weighted by Crippen LogP contribution is -2.54. The van der Waals surface area contributed by atoms with Crippen LogP contribution in [-0.4, -0.2) is 181 Å². The van der Waals surface area contributed by atoms with E-state index in [1.807, 2.05) is 45.0 Å². The highest BCUT2D eigenvalue weighted by atomic mass is 35.5. The Morgan fingerprint density at radius 2 is 1.47 bits per heavy atom. The van der Waals surface area contributed by atoms with E-state index in [0.717, 1.165) is 11.1 Å². The van der Waals surface area contributed by atoms with Crippen molar-refractivity contribution < 1.29 is 85.8 Å². The van der Waals surface area contributed by atoms with Crippen LogP contribution >= 0.6 is 11.6 Å². The Morgan fingerprint density at radius 1 is 0.820 bits per heavy atom.